The molecule has 0 spiro atoms. The van der Waals surface area contributed by atoms with E-state index in [2.05, 4.69) is 0 Å². The molecule has 3 aromatic rings. The molecule has 5 heteroatoms. The van der Waals surface area contributed by atoms with Crippen molar-refractivity contribution in [3.05, 3.63) is 72.3 Å². The molecule has 0 aliphatic rings. The van der Waals surface area contributed by atoms with E-state index >= 15 is 0 Å². The van der Waals surface area contributed by atoms with E-state index in [1.54, 1.807) is 36.0 Å². The Hall–Kier alpha value is -3.08. The summed E-state index contributed by atoms with van der Waals surface area (Å²) in [4.78, 5) is 12.4. The zero-order valence-corrected chi connectivity index (χ0v) is 14.0. The molecule has 4 nitrogen and oxygen atoms in total. The van der Waals surface area contributed by atoms with Gasteiger partial charge in [-0.3, -0.25) is 0 Å². The van der Waals surface area contributed by atoms with Crippen LogP contribution in [0.2, 0.25) is 0 Å². The predicted octanol–water partition coefficient (Wildman–Crippen LogP) is 4.47. The number of methoxy groups -OCH3 is 1. The minimum atomic E-state index is -0.449. The third-order valence-electron chi connectivity index (χ3n) is 3.83. The summed E-state index contributed by atoms with van der Waals surface area (Å²) in [6, 6.07) is 14.0. The average Bonchev–Trinajstić information content (AvgIpc) is 3.07. The summed E-state index contributed by atoms with van der Waals surface area (Å²) < 4.78 is 26.4. The lowest BCUT2D eigenvalue weighted by molar-refractivity contribution is 0.0527. The van der Waals surface area contributed by atoms with Crippen molar-refractivity contribution in [3.8, 4) is 22.6 Å². The maximum absolute atomic E-state index is 14.4. The number of benzene rings is 2. The summed E-state index contributed by atoms with van der Waals surface area (Å²) in [6.45, 7) is 2.01. The molecule has 0 unspecified atom stereocenters. The molecule has 0 aliphatic carbocycles. The van der Waals surface area contributed by atoms with Gasteiger partial charge < -0.3 is 14.0 Å². The summed E-state index contributed by atoms with van der Waals surface area (Å²) in [5.41, 5.74) is 2.14. The molecule has 3 rings (SSSR count). The van der Waals surface area contributed by atoms with E-state index in [1.165, 1.54) is 13.2 Å². The van der Waals surface area contributed by atoms with Crippen molar-refractivity contribution < 1.29 is 18.7 Å². The van der Waals surface area contributed by atoms with E-state index in [0.717, 1.165) is 5.56 Å². The lowest BCUT2D eigenvalue weighted by atomic mass is 10.1. The standard InChI is InChI=1S/C20H18FNO3/c1-3-25-20(23)16-13-22(12-15(16)14-8-5-4-6-9-14)19-17(21)10-7-11-18(19)24-2/h4-13H,3H2,1-2H3. The summed E-state index contributed by atoms with van der Waals surface area (Å²) in [6.07, 6.45) is 3.28. The highest BCUT2D eigenvalue weighted by Crippen LogP contribution is 2.31. The second-order valence-corrected chi connectivity index (χ2v) is 5.37. The van der Waals surface area contributed by atoms with Crippen molar-refractivity contribution >= 4 is 5.97 Å². The summed E-state index contributed by atoms with van der Waals surface area (Å²) in [5, 5.41) is 0. The van der Waals surface area contributed by atoms with Crippen LogP contribution in [-0.2, 0) is 4.74 Å². The van der Waals surface area contributed by atoms with E-state index in [0.29, 0.717) is 16.9 Å². The Balaban J connectivity index is 2.19. The SMILES string of the molecule is CCOC(=O)c1cn(-c2c(F)cccc2OC)cc1-c1ccccc1. The van der Waals surface area contributed by atoms with Crippen LogP contribution in [0.25, 0.3) is 16.8 Å². The molecule has 128 valence electrons. The Morgan fingerprint density at radius 1 is 1.08 bits per heavy atom. The van der Waals surface area contributed by atoms with E-state index in [9.17, 15) is 9.18 Å². The zero-order chi connectivity index (χ0) is 17.8. The minimum Gasteiger partial charge on any atom is -0.494 e. The lowest BCUT2D eigenvalue weighted by Crippen LogP contribution is -2.05. The molecule has 0 fully saturated rings. The van der Waals surface area contributed by atoms with Crippen LogP contribution in [-0.4, -0.2) is 24.3 Å². The molecule has 0 aliphatic heterocycles. The normalized spacial score (nSPS) is 10.5. The van der Waals surface area contributed by atoms with Gasteiger partial charge in [0, 0.05) is 18.0 Å². The van der Waals surface area contributed by atoms with Gasteiger partial charge in [-0.15, -0.1) is 0 Å². The smallest absolute Gasteiger partial charge is 0.340 e. The molecule has 0 radical (unpaired) electrons. The molecule has 0 N–H and O–H groups in total. The number of ether oxygens (including phenoxy) is 2. The maximum Gasteiger partial charge on any atom is 0.340 e. The molecule has 1 heterocycles. The van der Waals surface area contributed by atoms with Crippen molar-refractivity contribution in [2.75, 3.05) is 13.7 Å². The first kappa shape index (κ1) is 16.8. The number of rotatable bonds is 5. The summed E-state index contributed by atoms with van der Waals surface area (Å²) in [7, 11) is 1.48. The number of esters is 1. The first-order chi connectivity index (χ1) is 12.2. The van der Waals surface area contributed by atoms with Crippen LogP contribution in [0.15, 0.2) is 60.9 Å². The van der Waals surface area contributed by atoms with Crippen LogP contribution in [0.1, 0.15) is 17.3 Å². The largest absolute Gasteiger partial charge is 0.494 e. The van der Waals surface area contributed by atoms with Gasteiger partial charge in [-0.1, -0.05) is 36.4 Å². The Bertz CT molecular complexity index is 887. The number of aromatic nitrogens is 1. The van der Waals surface area contributed by atoms with Crippen LogP contribution in [0.5, 0.6) is 5.75 Å². The number of halogens is 1. The zero-order valence-electron chi connectivity index (χ0n) is 14.0. The first-order valence-corrected chi connectivity index (χ1v) is 7.93. The van der Waals surface area contributed by atoms with Gasteiger partial charge in [0.1, 0.15) is 11.4 Å². The third kappa shape index (κ3) is 3.26. The number of carbonyl (C=O) groups excluding carboxylic acids is 1. The molecule has 1 aromatic heterocycles. The molecule has 2 aromatic carbocycles. The predicted molar refractivity (Wildman–Crippen MR) is 93.7 cm³/mol. The van der Waals surface area contributed by atoms with Gasteiger partial charge in [-0.2, -0.15) is 0 Å². The first-order valence-electron chi connectivity index (χ1n) is 7.93. The van der Waals surface area contributed by atoms with Gasteiger partial charge in [0.05, 0.1) is 19.3 Å². The Morgan fingerprint density at radius 2 is 1.84 bits per heavy atom. The second-order valence-electron chi connectivity index (χ2n) is 5.37. The fourth-order valence-electron chi connectivity index (χ4n) is 2.71. The summed E-state index contributed by atoms with van der Waals surface area (Å²) >= 11 is 0. The van der Waals surface area contributed by atoms with E-state index in [-0.39, 0.29) is 12.3 Å². The van der Waals surface area contributed by atoms with Crippen LogP contribution in [0.3, 0.4) is 0 Å². The van der Waals surface area contributed by atoms with Gasteiger partial charge in [0.2, 0.25) is 0 Å². The number of hydrogen-bond acceptors (Lipinski definition) is 3. The van der Waals surface area contributed by atoms with Gasteiger partial charge in [-0.05, 0) is 24.6 Å². The van der Waals surface area contributed by atoms with Gasteiger partial charge in [-0.25, -0.2) is 9.18 Å². The maximum atomic E-state index is 14.4. The second kappa shape index (κ2) is 7.21. The van der Waals surface area contributed by atoms with Crippen molar-refractivity contribution in [3.63, 3.8) is 0 Å². The fraction of sp³-hybridized carbons (Fsp3) is 0.150. The highest BCUT2D eigenvalue weighted by Gasteiger charge is 2.20. The number of nitrogens with zero attached hydrogens (tertiary/aromatic N) is 1. The number of para-hydroxylation sites is 1. The molecule has 0 saturated heterocycles. The van der Waals surface area contributed by atoms with Gasteiger partial charge in [0.25, 0.3) is 0 Å². The molecule has 0 amide bonds. The molecule has 25 heavy (non-hydrogen) atoms. The monoisotopic (exact) mass is 339 g/mol. The molecule has 0 saturated carbocycles. The average molecular weight is 339 g/mol. The fourth-order valence-corrected chi connectivity index (χ4v) is 2.71. The van der Waals surface area contributed by atoms with Crippen molar-refractivity contribution in [2.45, 2.75) is 6.92 Å². The quantitative estimate of drug-likeness (QED) is 0.644. The van der Waals surface area contributed by atoms with E-state index < -0.39 is 11.8 Å². The molecule has 0 atom stereocenters. The highest BCUT2D eigenvalue weighted by atomic mass is 19.1. The number of carbonyl (C=O) groups is 1. The Morgan fingerprint density at radius 3 is 2.52 bits per heavy atom. The minimum absolute atomic E-state index is 0.248. The molecular weight excluding hydrogens is 321 g/mol. The molecule has 0 bridgehead atoms. The van der Waals surface area contributed by atoms with Crippen molar-refractivity contribution in [1.29, 1.82) is 0 Å². The highest BCUT2D eigenvalue weighted by molar-refractivity contribution is 5.97. The number of hydrogen-bond donors (Lipinski definition) is 0. The van der Waals surface area contributed by atoms with Crippen molar-refractivity contribution in [1.82, 2.24) is 4.57 Å². The van der Waals surface area contributed by atoms with Crippen LogP contribution in [0.4, 0.5) is 4.39 Å². The Kier molecular flexibility index (Phi) is 4.84. The summed E-state index contributed by atoms with van der Waals surface area (Å²) in [5.74, 6) is -0.509. The third-order valence-corrected chi connectivity index (χ3v) is 3.83. The van der Waals surface area contributed by atoms with Crippen LogP contribution >= 0.6 is 0 Å². The van der Waals surface area contributed by atoms with Gasteiger partial charge >= 0.3 is 5.97 Å². The molecular formula is C20H18FNO3. The van der Waals surface area contributed by atoms with Crippen LogP contribution in [0, 0.1) is 5.82 Å². The topological polar surface area (TPSA) is 40.5 Å². The lowest BCUT2D eigenvalue weighted by Gasteiger charge is -2.10. The Labute approximate surface area is 145 Å². The van der Waals surface area contributed by atoms with E-state index in [4.69, 9.17) is 9.47 Å². The van der Waals surface area contributed by atoms with Crippen LogP contribution < -0.4 is 4.74 Å². The van der Waals surface area contributed by atoms with Gasteiger partial charge in [0.15, 0.2) is 5.82 Å². The van der Waals surface area contributed by atoms with E-state index in [1.807, 2.05) is 30.3 Å². The van der Waals surface area contributed by atoms with Crippen molar-refractivity contribution in [2.24, 2.45) is 0 Å².